The molecule has 2 rings (SSSR count). The summed E-state index contributed by atoms with van der Waals surface area (Å²) in [5, 5.41) is 11.0. The molecular weight excluding hydrogens is 277 g/mol. The molecule has 0 aliphatic carbocycles. The van der Waals surface area contributed by atoms with Crippen molar-refractivity contribution in [2.75, 3.05) is 6.54 Å². The third kappa shape index (κ3) is 4.13. The Morgan fingerprint density at radius 2 is 2.05 bits per heavy atom. The number of hydrogen-bond acceptors (Lipinski definition) is 3. The number of nitrogens with zero attached hydrogens (tertiary/aromatic N) is 2. The summed E-state index contributed by atoms with van der Waals surface area (Å²) < 4.78 is 14.1. The summed E-state index contributed by atoms with van der Waals surface area (Å²) in [6.07, 6.45) is 8.46. The zero-order valence-corrected chi connectivity index (χ0v) is 13.1. The Balaban J connectivity index is 2.38. The molecule has 0 saturated carbocycles. The minimum atomic E-state index is -0.248. The molecule has 4 heteroatoms. The Kier molecular flexibility index (Phi) is 6.07. The molecule has 1 aromatic carbocycles. The third-order valence-corrected chi connectivity index (χ3v) is 3.38. The lowest BCUT2D eigenvalue weighted by molar-refractivity contribution is 0.631. The molecule has 3 nitrogen and oxygen atoms in total. The second kappa shape index (κ2) is 8.27. The maximum atomic E-state index is 14.1. The van der Waals surface area contributed by atoms with Crippen LogP contribution < -0.4 is 5.32 Å². The van der Waals surface area contributed by atoms with E-state index in [0.717, 1.165) is 42.6 Å². The van der Waals surface area contributed by atoms with Crippen LogP contribution >= 0.6 is 0 Å². The summed E-state index contributed by atoms with van der Waals surface area (Å²) in [6.45, 7) is 5.18. The molecule has 22 heavy (non-hydrogen) atoms. The minimum absolute atomic E-state index is 0.248. The van der Waals surface area contributed by atoms with Gasteiger partial charge in [0, 0.05) is 23.4 Å². The van der Waals surface area contributed by atoms with Crippen molar-refractivity contribution in [1.29, 1.82) is 0 Å². The van der Waals surface area contributed by atoms with Gasteiger partial charge in [-0.25, -0.2) is 4.39 Å². The quantitative estimate of drug-likeness (QED) is 0.822. The molecule has 0 atom stereocenters. The largest absolute Gasteiger partial charge is 0.385 e. The van der Waals surface area contributed by atoms with Gasteiger partial charge in [0.2, 0.25) is 0 Å². The zero-order valence-electron chi connectivity index (χ0n) is 13.1. The minimum Gasteiger partial charge on any atom is -0.385 e. The van der Waals surface area contributed by atoms with Crippen molar-refractivity contribution in [1.82, 2.24) is 15.5 Å². The van der Waals surface area contributed by atoms with Gasteiger partial charge < -0.3 is 5.32 Å². The van der Waals surface area contributed by atoms with Gasteiger partial charge in [-0.05, 0) is 42.7 Å². The molecule has 0 aliphatic rings. The molecule has 1 N–H and O–H groups in total. The number of unbranched alkanes of at least 4 members (excludes halogenated alkanes) is 1. The normalized spacial score (nSPS) is 11.5. The van der Waals surface area contributed by atoms with Crippen LogP contribution in [0.5, 0.6) is 0 Å². The lowest BCUT2D eigenvalue weighted by Crippen LogP contribution is -2.13. The molecule has 0 bridgehead atoms. The first-order valence-corrected chi connectivity index (χ1v) is 7.77. The van der Waals surface area contributed by atoms with E-state index in [9.17, 15) is 4.39 Å². The van der Waals surface area contributed by atoms with Crippen molar-refractivity contribution in [3.05, 3.63) is 54.1 Å². The average molecular weight is 299 g/mol. The maximum Gasteiger partial charge on any atom is 0.131 e. The molecule has 1 aromatic heterocycles. The first-order valence-electron chi connectivity index (χ1n) is 7.77. The van der Waals surface area contributed by atoms with Crippen LogP contribution in [0.2, 0.25) is 0 Å². The summed E-state index contributed by atoms with van der Waals surface area (Å²) in [7, 11) is 0. The van der Waals surface area contributed by atoms with Crippen molar-refractivity contribution in [3.63, 3.8) is 0 Å². The van der Waals surface area contributed by atoms with Crippen LogP contribution in [0.1, 0.15) is 38.7 Å². The van der Waals surface area contributed by atoms with E-state index < -0.39 is 0 Å². The van der Waals surface area contributed by atoms with Crippen molar-refractivity contribution < 1.29 is 4.39 Å². The van der Waals surface area contributed by atoms with Crippen molar-refractivity contribution in [2.24, 2.45) is 0 Å². The SMILES string of the molecule is CCCC=C(NCCC)c1ccc(F)c(-c2ccnnc2)c1. The Hall–Kier alpha value is -2.23. The number of hydrogen-bond donors (Lipinski definition) is 1. The van der Waals surface area contributed by atoms with Crippen LogP contribution in [0.4, 0.5) is 4.39 Å². The van der Waals surface area contributed by atoms with Gasteiger partial charge >= 0.3 is 0 Å². The highest BCUT2D eigenvalue weighted by molar-refractivity contribution is 5.71. The summed E-state index contributed by atoms with van der Waals surface area (Å²) in [4.78, 5) is 0. The molecule has 0 unspecified atom stereocenters. The van der Waals surface area contributed by atoms with Gasteiger partial charge in [0.05, 0.1) is 12.4 Å². The predicted molar refractivity (Wildman–Crippen MR) is 88.6 cm³/mol. The van der Waals surface area contributed by atoms with Gasteiger partial charge in [0.25, 0.3) is 0 Å². The molecule has 0 radical (unpaired) electrons. The second-order valence-electron chi connectivity index (χ2n) is 5.16. The number of nitrogens with one attached hydrogen (secondary N) is 1. The molecule has 0 amide bonds. The maximum absolute atomic E-state index is 14.1. The van der Waals surface area contributed by atoms with Crippen LogP contribution in [0, 0.1) is 5.82 Å². The van der Waals surface area contributed by atoms with Crippen LogP contribution in [-0.4, -0.2) is 16.7 Å². The fraction of sp³-hybridized carbons (Fsp3) is 0.333. The average Bonchev–Trinajstić information content (AvgIpc) is 2.56. The number of aromatic nitrogens is 2. The van der Waals surface area contributed by atoms with Gasteiger partial charge in [-0.3, -0.25) is 0 Å². The first-order chi connectivity index (χ1) is 10.8. The van der Waals surface area contributed by atoms with E-state index in [4.69, 9.17) is 0 Å². The Morgan fingerprint density at radius 3 is 2.73 bits per heavy atom. The van der Waals surface area contributed by atoms with E-state index in [-0.39, 0.29) is 5.82 Å². The van der Waals surface area contributed by atoms with Gasteiger partial charge in [0.15, 0.2) is 0 Å². The number of allylic oxidation sites excluding steroid dienone is 1. The fourth-order valence-corrected chi connectivity index (χ4v) is 2.20. The third-order valence-electron chi connectivity index (χ3n) is 3.38. The van der Waals surface area contributed by atoms with Gasteiger partial charge in [-0.2, -0.15) is 10.2 Å². The highest BCUT2D eigenvalue weighted by Crippen LogP contribution is 2.25. The van der Waals surface area contributed by atoms with E-state index >= 15 is 0 Å². The highest BCUT2D eigenvalue weighted by Gasteiger charge is 2.09. The lowest BCUT2D eigenvalue weighted by atomic mass is 10.0. The van der Waals surface area contributed by atoms with E-state index in [0.29, 0.717) is 5.56 Å². The van der Waals surface area contributed by atoms with Gasteiger partial charge in [-0.15, -0.1) is 0 Å². The predicted octanol–water partition coefficient (Wildman–Crippen LogP) is 4.42. The molecule has 2 aromatic rings. The van der Waals surface area contributed by atoms with Crippen LogP contribution in [-0.2, 0) is 0 Å². The molecule has 0 saturated heterocycles. The van der Waals surface area contributed by atoms with Crippen LogP contribution in [0.15, 0.2) is 42.7 Å². The Labute approximate surface area is 131 Å². The van der Waals surface area contributed by atoms with Gasteiger partial charge in [0.1, 0.15) is 5.82 Å². The van der Waals surface area contributed by atoms with Gasteiger partial charge in [-0.1, -0.05) is 26.3 Å². The summed E-state index contributed by atoms with van der Waals surface area (Å²) in [6, 6.07) is 6.97. The topological polar surface area (TPSA) is 37.8 Å². The zero-order chi connectivity index (χ0) is 15.8. The van der Waals surface area contributed by atoms with E-state index in [1.54, 1.807) is 18.5 Å². The Morgan fingerprint density at radius 1 is 1.18 bits per heavy atom. The molecule has 1 heterocycles. The second-order valence-corrected chi connectivity index (χ2v) is 5.16. The van der Waals surface area contributed by atoms with Crippen molar-refractivity contribution in [3.8, 4) is 11.1 Å². The standard InChI is InChI=1S/C18H22FN3/c1-3-5-6-18(20-10-4-2)14-7-8-17(19)16(12-14)15-9-11-21-22-13-15/h6-9,11-13,20H,3-5,10H2,1-2H3. The summed E-state index contributed by atoms with van der Waals surface area (Å²) in [5.74, 6) is -0.248. The number of halogens is 1. The number of rotatable bonds is 7. The Bertz CT molecular complexity index is 623. The van der Waals surface area contributed by atoms with Crippen LogP contribution in [0.3, 0.4) is 0 Å². The first kappa shape index (κ1) is 16.1. The molecule has 116 valence electrons. The molecule has 0 fully saturated rings. The molecule has 0 aliphatic heterocycles. The summed E-state index contributed by atoms with van der Waals surface area (Å²) >= 11 is 0. The fourth-order valence-electron chi connectivity index (χ4n) is 2.20. The molecular formula is C18H22FN3. The van der Waals surface area contributed by atoms with Crippen molar-refractivity contribution >= 4 is 5.70 Å². The molecule has 0 spiro atoms. The lowest BCUT2D eigenvalue weighted by Gasteiger charge is -2.13. The van der Waals surface area contributed by atoms with Crippen LogP contribution in [0.25, 0.3) is 16.8 Å². The van der Waals surface area contributed by atoms with E-state index in [1.807, 2.05) is 12.1 Å². The van der Waals surface area contributed by atoms with E-state index in [1.165, 1.54) is 6.07 Å². The highest BCUT2D eigenvalue weighted by atomic mass is 19.1. The summed E-state index contributed by atoms with van der Waals surface area (Å²) in [5.41, 5.74) is 3.34. The monoisotopic (exact) mass is 299 g/mol. The van der Waals surface area contributed by atoms with Crippen molar-refractivity contribution in [2.45, 2.75) is 33.1 Å². The number of benzene rings is 1. The van der Waals surface area contributed by atoms with E-state index in [2.05, 4.69) is 35.4 Å². The smallest absolute Gasteiger partial charge is 0.131 e.